The van der Waals surface area contributed by atoms with Crippen molar-refractivity contribution in [2.24, 2.45) is 7.05 Å². The van der Waals surface area contributed by atoms with E-state index in [1.165, 1.54) is 0 Å². The fraction of sp³-hybridized carbons (Fsp3) is 0.167. The summed E-state index contributed by atoms with van der Waals surface area (Å²) >= 11 is 6.98. The Morgan fingerprint density at radius 2 is 2.04 bits per heavy atom. The molecular weight excluding hydrogens is 352 g/mol. The molecule has 126 valence electrons. The van der Waals surface area contributed by atoms with E-state index in [-0.39, 0.29) is 5.56 Å². The number of H-pyrrole nitrogens is 1. The summed E-state index contributed by atoms with van der Waals surface area (Å²) in [6.07, 6.45) is 1.92. The van der Waals surface area contributed by atoms with E-state index in [2.05, 4.69) is 10.1 Å². The molecule has 0 bridgehead atoms. The number of rotatable bonds is 3. The smallest absolute Gasteiger partial charge is 0.263 e. The van der Waals surface area contributed by atoms with Crippen molar-refractivity contribution in [3.63, 3.8) is 0 Å². The van der Waals surface area contributed by atoms with Gasteiger partial charge in [0.2, 0.25) is 0 Å². The lowest BCUT2D eigenvalue weighted by Crippen LogP contribution is -2.22. The first-order valence-corrected chi connectivity index (χ1v) is 9.06. The fourth-order valence-corrected chi connectivity index (χ4v) is 4.28. The molecule has 0 fully saturated rings. The molecule has 0 aliphatic rings. The molecule has 0 aliphatic carbocycles. The van der Waals surface area contributed by atoms with Gasteiger partial charge in [-0.25, -0.2) is 0 Å². The third-order valence-corrected chi connectivity index (χ3v) is 5.60. The second-order valence-corrected chi connectivity index (χ2v) is 7.39. The van der Waals surface area contributed by atoms with Crippen LogP contribution in [0.15, 0.2) is 47.4 Å². The zero-order chi connectivity index (χ0) is 17.6. The van der Waals surface area contributed by atoms with Crippen LogP contribution in [-0.4, -0.2) is 19.3 Å². The second-order valence-electron chi connectivity index (χ2n) is 5.95. The number of hydrogen-bond acceptors (Lipinski definition) is 4. The Morgan fingerprint density at radius 1 is 1.28 bits per heavy atom. The Balaban J connectivity index is 1.85. The molecule has 5 nitrogen and oxygen atoms in total. The normalized spacial score (nSPS) is 11.3. The van der Waals surface area contributed by atoms with Crippen LogP contribution >= 0.6 is 23.6 Å². The van der Waals surface area contributed by atoms with Gasteiger partial charge < -0.3 is 4.98 Å². The van der Waals surface area contributed by atoms with Crippen LogP contribution in [0, 0.1) is 11.7 Å². The number of aromatic amines is 1. The molecule has 4 rings (SSSR count). The van der Waals surface area contributed by atoms with Crippen molar-refractivity contribution in [2.45, 2.75) is 13.5 Å². The number of hydrogen-bond donors (Lipinski definition) is 1. The summed E-state index contributed by atoms with van der Waals surface area (Å²) in [7, 11) is 1.87. The first-order valence-electron chi connectivity index (χ1n) is 7.84. The van der Waals surface area contributed by atoms with Crippen molar-refractivity contribution < 1.29 is 0 Å². The minimum atomic E-state index is -0.0690. The lowest BCUT2D eigenvalue weighted by atomic mass is 10.2. The topological polar surface area (TPSA) is 55.6 Å². The van der Waals surface area contributed by atoms with E-state index in [1.54, 1.807) is 20.6 Å². The Bertz CT molecular complexity index is 1180. The number of aromatic nitrogens is 4. The van der Waals surface area contributed by atoms with E-state index in [9.17, 15) is 4.79 Å². The molecule has 0 unspecified atom stereocenters. The third-order valence-electron chi connectivity index (χ3n) is 4.18. The highest BCUT2D eigenvalue weighted by atomic mass is 32.1. The molecule has 1 N–H and O–H groups in total. The Morgan fingerprint density at radius 3 is 2.72 bits per heavy atom. The van der Waals surface area contributed by atoms with E-state index in [0.29, 0.717) is 16.7 Å². The Hall–Kier alpha value is -2.51. The monoisotopic (exact) mass is 368 g/mol. The highest BCUT2D eigenvalue weighted by Crippen LogP contribution is 2.30. The van der Waals surface area contributed by atoms with E-state index >= 15 is 0 Å². The van der Waals surface area contributed by atoms with E-state index < -0.39 is 0 Å². The van der Waals surface area contributed by atoms with Gasteiger partial charge in [0, 0.05) is 23.7 Å². The summed E-state index contributed by atoms with van der Waals surface area (Å²) in [5.41, 5.74) is 2.92. The van der Waals surface area contributed by atoms with Gasteiger partial charge in [-0.2, -0.15) is 5.10 Å². The van der Waals surface area contributed by atoms with Crippen LogP contribution in [0.4, 0.5) is 0 Å². The summed E-state index contributed by atoms with van der Waals surface area (Å²) in [6.45, 7) is 2.35. The van der Waals surface area contributed by atoms with Gasteiger partial charge in [-0.1, -0.05) is 30.3 Å². The second kappa shape index (κ2) is 6.09. The Kier molecular flexibility index (Phi) is 3.89. The van der Waals surface area contributed by atoms with Gasteiger partial charge >= 0.3 is 0 Å². The third kappa shape index (κ3) is 2.85. The van der Waals surface area contributed by atoms with Crippen LogP contribution in [0.25, 0.3) is 20.7 Å². The van der Waals surface area contributed by atoms with Crippen molar-refractivity contribution in [1.29, 1.82) is 0 Å². The molecule has 0 amide bonds. The fourth-order valence-electron chi connectivity index (χ4n) is 2.91. The summed E-state index contributed by atoms with van der Waals surface area (Å²) < 4.78 is 3.78. The van der Waals surface area contributed by atoms with Crippen LogP contribution < -0.4 is 5.56 Å². The minimum Gasteiger partial charge on any atom is -0.323 e. The zero-order valence-corrected chi connectivity index (χ0v) is 15.4. The predicted molar refractivity (Wildman–Crippen MR) is 104 cm³/mol. The number of nitrogens with one attached hydrogen (secondary N) is 1. The molecular formula is C18H16N4OS2. The van der Waals surface area contributed by atoms with Crippen LogP contribution in [0.1, 0.15) is 11.3 Å². The number of nitrogens with zero attached hydrogens (tertiary/aromatic N) is 3. The van der Waals surface area contributed by atoms with E-state index in [0.717, 1.165) is 26.5 Å². The molecule has 0 spiro atoms. The molecule has 25 heavy (non-hydrogen) atoms. The van der Waals surface area contributed by atoms with Gasteiger partial charge in [-0.15, -0.1) is 11.3 Å². The average molecular weight is 368 g/mol. The summed E-state index contributed by atoms with van der Waals surface area (Å²) in [4.78, 5) is 18.0. The summed E-state index contributed by atoms with van der Waals surface area (Å²) in [6, 6.07) is 12.0. The molecule has 3 aromatic heterocycles. The molecule has 0 radical (unpaired) electrons. The largest absolute Gasteiger partial charge is 0.323 e. The quantitative estimate of drug-likeness (QED) is 0.558. The van der Waals surface area contributed by atoms with Crippen LogP contribution in [0.2, 0.25) is 0 Å². The summed E-state index contributed by atoms with van der Waals surface area (Å²) in [5.74, 6) is 0. The molecule has 0 saturated heterocycles. The number of fused-ring (bicyclic) bond motifs is 1. The van der Waals surface area contributed by atoms with Crippen LogP contribution in [0.5, 0.6) is 0 Å². The maximum Gasteiger partial charge on any atom is 0.263 e. The number of thiophene rings is 1. The molecule has 3 heterocycles. The lowest BCUT2D eigenvalue weighted by molar-refractivity contribution is 0.730. The van der Waals surface area contributed by atoms with Crippen LogP contribution in [-0.2, 0) is 13.6 Å². The maximum atomic E-state index is 13.0. The highest BCUT2D eigenvalue weighted by Gasteiger charge is 2.13. The van der Waals surface area contributed by atoms with E-state index in [1.807, 2.05) is 56.6 Å². The molecule has 7 heteroatoms. The van der Waals surface area contributed by atoms with Gasteiger partial charge in [0.05, 0.1) is 17.6 Å². The first-order chi connectivity index (χ1) is 12.0. The van der Waals surface area contributed by atoms with Crippen molar-refractivity contribution in [1.82, 2.24) is 19.3 Å². The van der Waals surface area contributed by atoms with Crippen molar-refractivity contribution in [3.8, 4) is 10.4 Å². The SMILES string of the molecule is Cc1nn(C)cc1Cn1c(=S)[nH]c2sc(-c3ccccc3)cc2c1=O. The van der Waals surface area contributed by atoms with Crippen molar-refractivity contribution in [2.75, 3.05) is 0 Å². The first kappa shape index (κ1) is 16.0. The number of aryl methyl sites for hydroxylation is 2. The van der Waals surface area contributed by atoms with Gasteiger partial charge in [0.15, 0.2) is 4.77 Å². The molecule has 0 atom stereocenters. The van der Waals surface area contributed by atoms with Gasteiger partial charge in [0.25, 0.3) is 5.56 Å². The Labute approximate surface area is 153 Å². The zero-order valence-electron chi connectivity index (χ0n) is 13.8. The van der Waals surface area contributed by atoms with Gasteiger partial charge in [0.1, 0.15) is 4.83 Å². The van der Waals surface area contributed by atoms with Crippen molar-refractivity contribution in [3.05, 3.63) is 69.0 Å². The summed E-state index contributed by atoms with van der Waals surface area (Å²) in [5, 5.41) is 5.00. The van der Waals surface area contributed by atoms with E-state index in [4.69, 9.17) is 12.2 Å². The van der Waals surface area contributed by atoms with Gasteiger partial charge in [-0.05, 0) is 30.8 Å². The molecule has 1 aromatic carbocycles. The molecule has 4 aromatic rings. The lowest BCUT2D eigenvalue weighted by Gasteiger charge is -2.05. The minimum absolute atomic E-state index is 0.0690. The number of benzene rings is 1. The molecule has 0 saturated carbocycles. The highest BCUT2D eigenvalue weighted by molar-refractivity contribution is 7.71. The predicted octanol–water partition coefficient (Wildman–Crippen LogP) is 3.88. The molecule has 0 aliphatic heterocycles. The van der Waals surface area contributed by atoms with Gasteiger partial charge in [-0.3, -0.25) is 14.0 Å². The maximum absolute atomic E-state index is 13.0. The van der Waals surface area contributed by atoms with Crippen molar-refractivity contribution >= 4 is 33.8 Å². The standard InChI is InChI=1S/C18H16N4OS2/c1-11-13(9-21(2)20-11)10-22-17(23)14-8-15(12-6-4-3-5-7-12)25-16(14)19-18(22)24/h3-9H,10H2,1-2H3,(H,19,24). The van der Waals surface area contributed by atoms with Crippen LogP contribution in [0.3, 0.4) is 0 Å². The average Bonchev–Trinajstić information content (AvgIpc) is 3.15.